The number of nitrogens with one attached hydrogen (secondary N) is 1. The monoisotopic (exact) mass is 379 g/mol. The molecule has 0 spiro atoms. The molecule has 0 aromatic heterocycles. The van der Waals surface area contributed by atoms with Crippen LogP contribution in [0.2, 0.25) is 0 Å². The average Bonchev–Trinajstić information content (AvgIpc) is 2.65. The molecule has 27 heavy (non-hydrogen) atoms. The van der Waals surface area contributed by atoms with Crippen LogP contribution in [0, 0.1) is 6.92 Å². The first kappa shape index (κ1) is 22.8. The number of hydrogen-bond acceptors (Lipinski definition) is 5. The minimum Gasteiger partial charge on any atom is -0.504 e. The number of rotatable bonds is 13. The van der Waals surface area contributed by atoms with Crippen molar-refractivity contribution in [2.45, 2.75) is 71.8 Å². The second-order valence-electron chi connectivity index (χ2n) is 6.76. The zero-order valence-corrected chi connectivity index (χ0v) is 16.8. The van der Waals surface area contributed by atoms with Gasteiger partial charge in [0.2, 0.25) is 0 Å². The Morgan fingerprint density at radius 3 is 2.41 bits per heavy atom. The van der Waals surface area contributed by atoms with Gasteiger partial charge in [0, 0.05) is 13.0 Å². The lowest BCUT2D eigenvalue weighted by Gasteiger charge is -2.11. The van der Waals surface area contributed by atoms with Crippen LogP contribution in [0.25, 0.3) is 0 Å². The molecule has 0 bridgehead atoms. The summed E-state index contributed by atoms with van der Waals surface area (Å²) in [5.41, 5.74) is 1.66. The van der Waals surface area contributed by atoms with E-state index in [-0.39, 0.29) is 30.8 Å². The van der Waals surface area contributed by atoms with Crippen LogP contribution in [0.5, 0.6) is 11.5 Å². The number of ether oxygens (including phenoxy) is 2. The van der Waals surface area contributed by atoms with Crippen LogP contribution in [0.15, 0.2) is 12.1 Å². The number of aryl methyl sites for hydroxylation is 1. The van der Waals surface area contributed by atoms with Crippen molar-refractivity contribution in [1.29, 1.82) is 0 Å². The normalized spacial score (nSPS) is 10.5. The molecule has 0 heterocycles. The van der Waals surface area contributed by atoms with Gasteiger partial charge in [0.1, 0.15) is 0 Å². The van der Waals surface area contributed by atoms with Gasteiger partial charge < -0.3 is 19.9 Å². The van der Waals surface area contributed by atoms with Gasteiger partial charge in [0.15, 0.2) is 18.1 Å². The van der Waals surface area contributed by atoms with Crippen molar-refractivity contribution in [3.8, 4) is 11.5 Å². The molecule has 0 atom stereocenters. The number of benzene rings is 1. The molecule has 1 rings (SSSR count). The van der Waals surface area contributed by atoms with E-state index in [4.69, 9.17) is 9.47 Å². The summed E-state index contributed by atoms with van der Waals surface area (Å²) in [6.45, 7) is 4.03. The second-order valence-corrected chi connectivity index (χ2v) is 6.76. The van der Waals surface area contributed by atoms with E-state index in [0.29, 0.717) is 12.2 Å². The third-order valence-electron chi connectivity index (χ3n) is 4.46. The van der Waals surface area contributed by atoms with Crippen LogP contribution in [0.3, 0.4) is 0 Å². The van der Waals surface area contributed by atoms with Crippen molar-refractivity contribution >= 4 is 11.9 Å². The third-order valence-corrected chi connectivity index (χ3v) is 4.46. The number of unbranched alkanes of at least 4 members (excludes halogenated alkanes) is 6. The highest BCUT2D eigenvalue weighted by atomic mass is 16.5. The molecule has 0 aliphatic carbocycles. The van der Waals surface area contributed by atoms with Gasteiger partial charge in [-0.3, -0.25) is 9.59 Å². The van der Waals surface area contributed by atoms with Gasteiger partial charge in [0.05, 0.1) is 7.11 Å². The number of hydrogen-bond donors (Lipinski definition) is 2. The van der Waals surface area contributed by atoms with E-state index in [1.165, 1.54) is 32.8 Å². The summed E-state index contributed by atoms with van der Waals surface area (Å²) < 4.78 is 10.1. The maximum atomic E-state index is 11.9. The molecule has 1 aromatic rings. The number of methoxy groups -OCH3 is 1. The molecule has 0 saturated carbocycles. The Bertz CT molecular complexity index is 600. The van der Waals surface area contributed by atoms with Gasteiger partial charge in [-0.25, -0.2) is 0 Å². The first-order chi connectivity index (χ1) is 13.0. The summed E-state index contributed by atoms with van der Waals surface area (Å²) in [6.07, 6.45) is 8.30. The maximum Gasteiger partial charge on any atom is 0.306 e. The first-order valence-electron chi connectivity index (χ1n) is 9.76. The lowest BCUT2D eigenvalue weighted by atomic mass is 10.1. The van der Waals surface area contributed by atoms with Crippen molar-refractivity contribution in [3.63, 3.8) is 0 Å². The topological polar surface area (TPSA) is 84.9 Å². The Morgan fingerprint density at radius 1 is 1.07 bits per heavy atom. The molecule has 0 saturated heterocycles. The number of carbonyl (C=O) groups excluding carboxylic acids is 2. The summed E-state index contributed by atoms with van der Waals surface area (Å²) in [7, 11) is 1.47. The highest BCUT2D eigenvalue weighted by molar-refractivity contribution is 5.80. The number of aromatic hydroxyl groups is 1. The molecular formula is C21H33NO5. The van der Waals surface area contributed by atoms with Gasteiger partial charge in [0.25, 0.3) is 5.91 Å². The van der Waals surface area contributed by atoms with E-state index in [1.807, 2.05) is 6.92 Å². The highest BCUT2D eigenvalue weighted by Gasteiger charge is 2.10. The van der Waals surface area contributed by atoms with Gasteiger partial charge >= 0.3 is 5.97 Å². The predicted molar refractivity (Wildman–Crippen MR) is 105 cm³/mol. The van der Waals surface area contributed by atoms with Crippen molar-refractivity contribution < 1.29 is 24.2 Å². The van der Waals surface area contributed by atoms with E-state index in [2.05, 4.69) is 12.2 Å². The van der Waals surface area contributed by atoms with E-state index in [0.717, 1.165) is 30.4 Å². The van der Waals surface area contributed by atoms with E-state index in [1.54, 1.807) is 12.1 Å². The van der Waals surface area contributed by atoms with E-state index in [9.17, 15) is 14.7 Å². The van der Waals surface area contributed by atoms with E-state index < -0.39 is 0 Å². The molecule has 0 aliphatic rings. The van der Waals surface area contributed by atoms with Gasteiger partial charge in [-0.2, -0.15) is 0 Å². The molecule has 2 N–H and O–H groups in total. The number of amides is 1. The average molecular weight is 379 g/mol. The zero-order valence-electron chi connectivity index (χ0n) is 16.8. The molecule has 6 heteroatoms. The molecule has 0 radical (unpaired) electrons. The molecule has 6 nitrogen and oxygen atoms in total. The van der Waals surface area contributed by atoms with Crippen LogP contribution in [0.1, 0.15) is 69.4 Å². The minimum atomic E-state index is -0.352. The summed E-state index contributed by atoms with van der Waals surface area (Å²) >= 11 is 0. The van der Waals surface area contributed by atoms with Crippen molar-refractivity contribution in [3.05, 3.63) is 23.3 Å². The molecule has 1 aromatic carbocycles. The molecule has 152 valence electrons. The quantitative estimate of drug-likeness (QED) is 0.400. The summed E-state index contributed by atoms with van der Waals surface area (Å²) in [5.74, 6) is -0.272. The Kier molecular flexibility index (Phi) is 11.0. The molecule has 0 fully saturated rings. The van der Waals surface area contributed by atoms with Gasteiger partial charge in [-0.05, 0) is 36.6 Å². The Balaban J connectivity index is 2.21. The summed E-state index contributed by atoms with van der Waals surface area (Å²) in [5, 5.41) is 12.4. The lowest BCUT2D eigenvalue weighted by Crippen LogP contribution is -2.28. The molecule has 1 amide bonds. The Morgan fingerprint density at radius 2 is 1.74 bits per heavy atom. The Hall–Kier alpha value is -2.24. The van der Waals surface area contributed by atoms with Crippen LogP contribution in [-0.4, -0.2) is 30.7 Å². The Labute approximate surface area is 162 Å². The lowest BCUT2D eigenvalue weighted by molar-refractivity contribution is -0.148. The summed E-state index contributed by atoms with van der Waals surface area (Å²) in [4.78, 5) is 23.5. The minimum absolute atomic E-state index is 0.0596. The fourth-order valence-corrected chi connectivity index (χ4v) is 2.76. The van der Waals surface area contributed by atoms with Gasteiger partial charge in [-0.15, -0.1) is 0 Å². The fourth-order valence-electron chi connectivity index (χ4n) is 2.76. The smallest absolute Gasteiger partial charge is 0.306 e. The molecule has 0 unspecified atom stereocenters. The number of phenols is 1. The largest absolute Gasteiger partial charge is 0.504 e. The van der Waals surface area contributed by atoms with E-state index >= 15 is 0 Å². The highest BCUT2D eigenvalue weighted by Crippen LogP contribution is 2.28. The van der Waals surface area contributed by atoms with Crippen molar-refractivity contribution in [2.75, 3.05) is 13.7 Å². The van der Waals surface area contributed by atoms with Crippen LogP contribution in [0.4, 0.5) is 0 Å². The van der Waals surface area contributed by atoms with Gasteiger partial charge in [-0.1, -0.05) is 45.4 Å². The zero-order chi connectivity index (χ0) is 20.1. The maximum absolute atomic E-state index is 11.9. The predicted octanol–water partition coefficient (Wildman–Crippen LogP) is 4.01. The van der Waals surface area contributed by atoms with Crippen LogP contribution >= 0.6 is 0 Å². The summed E-state index contributed by atoms with van der Waals surface area (Å²) in [6, 6.07) is 3.26. The SMILES string of the molecule is CCCCCCCCCC(=O)OCC(=O)NCc1cc(OC)c(O)cc1C. The fraction of sp³-hybridized carbons (Fsp3) is 0.619. The first-order valence-corrected chi connectivity index (χ1v) is 9.76. The van der Waals surface area contributed by atoms with Crippen molar-refractivity contribution in [2.24, 2.45) is 0 Å². The van der Waals surface area contributed by atoms with Crippen LogP contribution in [-0.2, 0) is 20.9 Å². The van der Waals surface area contributed by atoms with Crippen molar-refractivity contribution in [1.82, 2.24) is 5.32 Å². The number of carbonyl (C=O) groups is 2. The second kappa shape index (κ2) is 13.0. The van der Waals surface area contributed by atoms with Crippen LogP contribution < -0.4 is 10.1 Å². The third kappa shape index (κ3) is 9.31. The number of esters is 1. The molecular weight excluding hydrogens is 346 g/mol. The standard InChI is InChI=1S/C21H33NO5/c1-4-5-6-7-8-9-10-11-21(25)27-15-20(24)22-14-17-13-19(26-3)18(23)12-16(17)2/h12-13,23H,4-11,14-15H2,1-3H3,(H,22,24). The molecule has 0 aliphatic heterocycles. The number of phenolic OH excluding ortho intramolecular Hbond substituents is 1.